The van der Waals surface area contributed by atoms with Gasteiger partial charge in [0.15, 0.2) is 0 Å². The van der Waals surface area contributed by atoms with E-state index < -0.39 is 0 Å². The number of aryl methyl sites for hydroxylation is 1. The van der Waals surface area contributed by atoms with Crippen LogP contribution in [0, 0.1) is 0 Å². The Morgan fingerprint density at radius 2 is 2.25 bits per heavy atom. The molecule has 0 aliphatic carbocycles. The van der Waals surface area contributed by atoms with Crippen LogP contribution in [0.15, 0.2) is 18.2 Å². The number of rotatable bonds is 1. The lowest BCUT2D eigenvalue weighted by Gasteiger charge is -2.27. The quantitative estimate of drug-likeness (QED) is 0.873. The van der Waals surface area contributed by atoms with Gasteiger partial charge in [-0.1, -0.05) is 0 Å². The average molecular weight is 285 g/mol. The molecule has 104 valence electrons. The molecule has 1 N–H and O–H groups in total. The summed E-state index contributed by atoms with van der Waals surface area (Å²) in [5, 5.41) is 4.61. The molecule has 0 fully saturated rings. The molecule has 1 aromatic heterocycles. The van der Waals surface area contributed by atoms with Crippen LogP contribution < -0.4 is 10.2 Å². The summed E-state index contributed by atoms with van der Waals surface area (Å²) < 4.78 is 0. The van der Waals surface area contributed by atoms with E-state index >= 15 is 0 Å². The van der Waals surface area contributed by atoms with E-state index in [-0.39, 0.29) is 0 Å². The van der Waals surface area contributed by atoms with Gasteiger partial charge in [0.2, 0.25) is 0 Å². The summed E-state index contributed by atoms with van der Waals surface area (Å²) in [5.41, 5.74) is 5.46. The summed E-state index contributed by atoms with van der Waals surface area (Å²) in [6.07, 6.45) is 3.52. The monoisotopic (exact) mass is 285 g/mol. The second-order valence-corrected chi connectivity index (χ2v) is 6.77. The smallest absolute Gasteiger partial charge is 0.123 e. The van der Waals surface area contributed by atoms with Crippen molar-refractivity contribution < 1.29 is 0 Å². The van der Waals surface area contributed by atoms with Gasteiger partial charge in [-0.05, 0) is 36.6 Å². The molecule has 2 aliphatic rings. The lowest BCUT2D eigenvalue weighted by atomic mass is 10.00. The van der Waals surface area contributed by atoms with Crippen molar-refractivity contribution in [1.29, 1.82) is 0 Å². The van der Waals surface area contributed by atoms with Crippen LogP contribution in [0.4, 0.5) is 5.69 Å². The Morgan fingerprint density at radius 1 is 1.30 bits per heavy atom. The van der Waals surface area contributed by atoms with Crippen LogP contribution in [0.1, 0.15) is 22.6 Å². The third kappa shape index (κ3) is 2.03. The van der Waals surface area contributed by atoms with E-state index in [0.717, 1.165) is 19.5 Å². The SMILES string of the molecule is CN1CCCc2cc(-c3nc4c(s3)CNCC4)ccc21. The molecule has 3 nitrogen and oxygen atoms in total. The number of hydrogen-bond donors (Lipinski definition) is 1. The third-order valence-electron chi connectivity index (χ3n) is 4.28. The van der Waals surface area contributed by atoms with Crippen molar-refractivity contribution in [2.75, 3.05) is 25.0 Å². The third-order valence-corrected chi connectivity index (χ3v) is 5.43. The summed E-state index contributed by atoms with van der Waals surface area (Å²) in [6, 6.07) is 6.85. The van der Waals surface area contributed by atoms with Crippen LogP contribution in [0.2, 0.25) is 0 Å². The molecular formula is C16H19N3S. The summed E-state index contributed by atoms with van der Waals surface area (Å²) in [4.78, 5) is 8.63. The van der Waals surface area contributed by atoms with Crippen molar-refractivity contribution in [2.24, 2.45) is 0 Å². The highest BCUT2D eigenvalue weighted by Crippen LogP contribution is 2.34. The van der Waals surface area contributed by atoms with Gasteiger partial charge in [0.1, 0.15) is 5.01 Å². The summed E-state index contributed by atoms with van der Waals surface area (Å²) in [7, 11) is 2.19. The zero-order valence-corrected chi connectivity index (χ0v) is 12.6. The Labute approximate surface area is 123 Å². The molecule has 0 radical (unpaired) electrons. The predicted octanol–water partition coefficient (Wildman–Crippen LogP) is 2.84. The van der Waals surface area contributed by atoms with E-state index in [4.69, 9.17) is 4.98 Å². The first-order valence-corrected chi connectivity index (χ1v) is 8.16. The van der Waals surface area contributed by atoms with E-state index in [1.807, 2.05) is 11.3 Å². The number of aromatic nitrogens is 1. The number of nitrogens with zero attached hydrogens (tertiary/aromatic N) is 2. The van der Waals surface area contributed by atoms with Gasteiger partial charge in [-0.15, -0.1) is 11.3 Å². The first kappa shape index (κ1) is 12.4. The van der Waals surface area contributed by atoms with Crippen molar-refractivity contribution in [1.82, 2.24) is 10.3 Å². The van der Waals surface area contributed by atoms with Crippen LogP contribution in [0.25, 0.3) is 10.6 Å². The van der Waals surface area contributed by atoms with Crippen molar-refractivity contribution in [3.8, 4) is 10.6 Å². The average Bonchev–Trinajstić information content (AvgIpc) is 2.91. The van der Waals surface area contributed by atoms with Crippen molar-refractivity contribution in [3.63, 3.8) is 0 Å². The van der Waals surface area contributed by atoms with Crippen molar-refractivity contribution in [3.05, 3.63) is 34.3 Å². The van der Waals surface area contributed by atoms with Gasteiger partial charge >= 0.3 is 0 Å². The molecule has 20 heavy (non-hydrogen) atoms. The highest BCUT2D eigenvalue weighted by Gasteiger charge is 2.18. The van der Waals surface area contributed by atoms with Gasteiger partial charge in [-0.3, -0.25) is 0 Å². The molecule has 0 unspecified atom stereocenters. The molecular weight excluding hydrogens is 266 g/mol. The molecule has 0 bridgehead atoms. The summed E-state index contributed by atoms with van der Waals surface area (Å²) in [6.45, 7) is 3.22. The van der Waals surface area contributed by atoms with Gasteiger partial charge in [-0.25, -0.2) is 4.98 Å². The molecule has 0 spiro atoms. The topological polar surface area (TPSA) is 28.2 Å². The zero-order valence-electron chi connectivity index (χ0n) is 11.8. The maximum Gasteiger partial charge on any atom is 0.123 e. The van der Waals surface area contributed by atoms with E-state index in [2.05, 4.69) is 35.5 Å². The fourth-order valence-electron chi connectivity index (χ4n) is 3.17. The number of thiazole rings is 1. The van der Waals surface area contributed by atoms with Crippen LogP contribution in [0.3, 0.4) is 0 Å². The fraction of sp³-hybridized carbons (Fsp3) is 0.438. The second kappa shape index (κ2) is 4.86. The molecule has 0 amide bonds. The highest BCUT2D eigenvalue weighted by atomic mass is 32.1. The summed E-state index contributed by atoms with van der Waals surface area (Å²) in [5.74, 6) is 0. The van der Waals surface area contributed by atoms with E-state index in [1.54, 1.807) is 0 Å². The van der Waals surface area contributed by atoms with Crippen molar-refractivity contribution >= 4 is 17.0 Å². The van der Waals surface area contributed by atoms with Gasteiger partial charge < -0.3 is 10.2 Å². The Morgan fingerprint density at radius 3 is 3.15 bits per heavy atom. The van der Waals surface area contributed by atoms with E-state index in [0.29, 0.717) is 0 Å². The van der Waals surface area contributed by atoms with E-state index in [9.17, 15) is 0 Å². The second-order valence-electron chi connectivity index (χ2n) is 5.68. The van der Waals surface area contributed by atoms with Crippen molar-refractivity contribution in [2.45, 2.75) is 25.8 Å². The molecule has 1 aromatic carbocycles. The van der Waals surface area contributed by atoms with Crippen LogP contribution in [-0.4, -0.2) is 25.1 Å². The molecule has 3 heterocycles. The van der Waals surface area contributed by atoms with Gasteiger partial charge in [0, 0.05) is 49.2 Å². The number of nitrogens with one attached hydrogen (secondary N) is 1. The molecule has 0 atom stereocenters. The highest BCUT2D eigenvalue weighted by molar-refractivity contribution is 7.15. The number of hydrogen-bond acceptors (Lipinski definition) is 4. The predicted molar refractivity (Wildman–Crippen MR) is 84.6 cm³/mol. The van der Waals surface area contributed by atoms with Gasteiger partial charge in [0.25, 0.3) is 0 Å². The molecule has 2 aliphatic heterocycles. The largest absolute Gasteiger partial charge is 0.374 e. The van der Waals surface area contributed by atoms with Gasteiger partial charge in [-0.2, -0.15) is 0 Å². The van der Waals surface area contributed by atoms with Crippen LogP contribution >= 0.6 is 11.3 Å². The number of fused-ring (bicyclic) bond motifs is 2. The standard InChI is InChI=1S/C16H19N3S/c1-19-8-2-3-11-9-12(4-5-14(11)19)16-18-13-6-7-17-10-15(13)20-16/h4-5,9,17H,2-3,6-8,10H2,1H3. The minimum absolute atomic E-state index is 0.987. The number of benzene rings is 1. The first-order valence-electron chi connectivity index (χ1n) is 7.35. The lowest BCUT2D eigenvalue weighted by molar-refractivity contribution is 0.644. The minimum Gasteiger partial charge on any atom is -0.374 e. The van der Waals surface area contributed by atoms with Crippen LogP contribution in [0.5, 0.6) is 0 Å². The first-order chi connectivity index (χ1) is 9.81. The maximum absolute atomic E-state index is 4.85. The zero-order chi connectivity index (χ0) is 13.5. The Balaban J connectivity index is 1.73. The molecule has 4 rings (SSSR count). The Bertz CT molecular complexity index is 624. The molecule has 0 saturated carbocycles. The molecule has 4 heteroatoms. The summed E-state index contributed by atoms with van der Waals surface area (Å²) >= 11 is 1.85. The Hall–Kier alpha value is -1.39. The minimum atomic E-state index is 0.987. The molecule has 2 aromatic rings. The fourth-order valence-corrected chi connectivity index (χ4v) is 4.24. The number of anilines is 1. The maximum atomic E-state index is 4.85. The molecule has 0 saturated heterocycles. The van der Waals surface area contributed by atoms with E-state index in [1.165, 1.54) is 51.8 Å². The van der Waals surface area contributed by atoms with Crippen LogP contribution in [-0.2, 0) is 19.4 Å². The lowest BCUT2D eigenvalue weighted by Crippen LogP contribution is -2.24. The normalized spacial score (nSPS) is 17.8. The van der Waals surface area contributed by atoms with Gasteiger partial charge in [0.05, 0.1) is 5.69 Å². The Kier molecular flexibility index (Phi) is 3.00.